The summed E-state index contributed by atoms with van der Waals surface area (Å²) in [7, 11) is 0. The van der Waals surface area contributed by atoms with E-state index in [1.807, 2.05) is 24.3 Å². The molecule has 1 aromatic heterocycles. The highest BCUT2D eigenvalue weighted by molar-refractivity contribution is 6.02. The highest BCUT2D eigenvalue weighted by Crippen LogP contribution is 2.43. The number of hydrogen-bond donors (Lipinski definition) is 2. The minimum Gasteiger partial charge on any atom is -0.459 e. The van der Waals surface area contributed by atoms with Gasteiger partial charge in [-0.3, -0.25) is 9.59 Å². The molecule has 0 unspecified atom stereocenters. The number of nitrogens with one attached hydrogen (secondary N) is 2. The molecule has 0 spiro atoms. The molecule has 1 saturated carbocycles. The first-order valence-corrected chi connectivity index (χ1v) is 8.59. The van der Waals surface area contributed by atoms with Gasteiger partial charge < -0.3 is 15.1 Å². The van der Waals surface area contributed by atoms with Crippen molar-refractivity contribution in [3.63, 3.8) is 0 Å². The number of furan rings is 1. The number of allylic oxidation sites excluding steroid dienone is 2. The van der Waals surface area contributed by atoms with Crippen LogP contribution in [0.3, 0.4) is 0 Å². The van der Waals surface area contributed by atoms with E-state index in [0.29, 0.717) is 24.1 Å². The fraction of sp³-hybridized carbons (Fsp3) is 0.300. The Labute approximate surface area is 146 Å². The van der Waals surface area contributed by atoms with Crippen molar-refractivity contribution in [2.75, 3.05) is 5.32 Å². The number of anilines is 1. The van der Waals surface area contributed by atoms with E-state index in [4.69, 9.17) is 4.42 Å². The number of carbonyl (C=O) groups excluding carboxylic acids is 2. The molecule has 1 fully saturated rings. The van der Waals surface area contributed by atoms with Crippen LogP contribution in [0, 0.1) is 17.8 Å². The molecule has 4 rings (SSSR count). The molecule has 2 bridgehead atoms. The Hall–Kier alpha value is -2.82. The molecule has 2 N–H and O–H groups in total. The Morgan fingerprint density at radius 2 is 1.92 bits per heavy atom. The zero-order valence-corrected chi connectivity index (χ0v) is 13.8. The topological polar surface area (TPSA) is 71.3 Å². The molecule has 3 atom stereocenters. The summed E-state index contributed by atoms with van der Waals surface area (Å²) in [5, 5.41) is 5.80. The molecule has 2 aromatic rings. The molecule has 0 aliphatic heterocycles. The number of rotatable bonds is 5. The van der Waals surface area contributed by atoms with E-state index < -0.39 is 0 Å². The Bertz CT molecular complexity index is 793. The van der Waals surface area contributed by atoms with Crippen LogP contribution < -0.4 is 10.6 Å². The smallest absolute Gasteiger partial charge is 0.291 e. The average molecular weight is 336 g/mol. The maximum absolute atomic E-state index is 12.3. The quantitative estimate of drug-likeness (QED) is 0.823. The molecule has 2 aliphatic rings. The second-order valence-electron chi connectivity index (χ2n) is 6.73. The molecule has 0 saturated heterocycles. The molecule has 5 heteroatoms. The van der Waals surface area contributed by atoms with E-state index in [1.54, 1.807) is 12.1 Å². The lowest BCUT2D eigenvalue weighted by atomic mass is 9.93. The van der Waals surface area contributed by atoms with Gasteiger partial charge in [-0.25, -0.2) is 0 Å². The van der Waals surface area contributed by atoms with Crippen molar-refractivity contribution < 1.29 is 14.0 Å². The van der Waals surface area contributed by atoms with Gasteiger partial charge in [0.2, 0.25) is 5.91 Å². The van der Waals surface area contributed by atoms with Crippen molar-refractivity contribution in [3.8, 4) is 0 Å². The number of benzene rings is 1. The van der Waals surface area contributed by atoms with Crippen LogP contribution in [0.15, 0.2) is 59.2 Å². The molecule has 5 nitrogen and oxygen atoms in total. The summed E-state index contributed by atoms with van der Waals surface area (Å²) in [6, 6.07) is 10.7. The lowest BCUT2D eigenvalue weighted by Crippen LogP contribution is -2.32. The van der Waals surface area contributed by atoms with E-state index in [1.165, 1.54) is 6.26 Å². The summed E-state index contributed by atoms with van der Waals surface area (Å²) >= 11 is 0. The molecule has 128 valence electrons. The van der Waals surface area contributed by atoms with Gasteiger partial charge >= 0.3 is 0 Å². The second kappa shape index (κ2) is 6.59. The van der Waals surface area contributed by atoms with Gasteiger partial charge in [0.25, 0.3) is 5.91 Å². The third-order valence-electron chi connectivity index (χ3n) is 5.04. The number of hydrogen-bond acceptors (Lipinski definition) is 3. The van der Waals surface area contributed by atoms with Gasteiger partial charge in [0.05, 0.1) is 6.26 Å². The predicted octanol–water partition coefficient (Wildman–Crippen LogP) is 3.36. The van der Waals surface area contributed by atoms with E-state index in [-0.39, 0.29) is 23.5 Å². The Morgan fingerprint density at radius 1 is 1.08 bits per heavy atom. The van der Waals surface area contributed by atoms with E-state index in [0.717, 1.165) is 18.4 Å². The van der Waals surface area contributed by atoms with Crippen molar-refractivity contribution in [3.05, 3.63) is 66.1 Å². The van der Waals surface area contributed by atoms with Crippen molar-refractivity contribution in [1.82, 2.24) is 5.32 Å². The average Bonchev–Trinajstić information content (AvgIpc) is 3.38. The van der Waals surface area contributed by atoms with Crippen LogP contribution in [0.5, 0.6) is 0 Å². The van der Waals surface area contributed by atoms with Gasteiger partial charge in [-0.05, 0) is 54.5 Å². The first kappa shape index (κ1) is 15.7. The predicted molar refractivity (Wildman–Crippen MR) is 93.8 cm³/mol. The summed E-state index contributed by atoms with van der Waals surface area (Å²) in [6.45, 7) is 0.503. The second-order valence-corrected chi connectivity index (χ2v) is 6.73. The summed E-state index contributed by atoms with van der Waals surface area (Å²) in [5.41, 5.74) is 1.69. The Morgan fingerprint density at radius 3 is 2.56 bits per heavy atom. The van der Waals surface area contributed by atoms with Crippen molar-refractivity contribution in [2.45, 2.75) is 19.4 Å². The van der Waals surface area contributed by atoms with Crippen LogP contribution in [0.4, 0.5) is 5.69 Å². The molecular weight excluding hydrogens is 316 g/mol. The zero-order valence-electron chi connectivity index (χ0n) is 13.8. The highest BCUT2D eigenvalue weighted by atomic mass is 16.3. The monoisotopic (exact) mass is 336 g/mol. The van der Waals surface area contributed by atoms with Gasteiger partial charge in [0, 0.05) is 18.2 Å². The van der Waals surface area contributed by atoms with Crippen LogP contribution in [0.1, 0.15) is 29.0 Å². The summed E-state index contributed by atoms with van der Waals surface area (Å²) in [5.74, 6) is 1.28. The highest BCUT2D eigenvalue weighted by Gasteiger charge is 2.39. The third kappa shape index (κ3) is 3.36. The first-order valence-electron chi connectivity index (χ1n) is 8.59. The summed E-state index contributed by atoms with van der Waals surface area (Å²) in [4.78, 5) is 24.3. The van der Waals surface area contributed by atoms with E-state index in [9.17, 15) is 9.59 Å². The number of carbonyl (C=O) groups is 2. The van der Waals surface area contributed by atoms with Crippen LogP contribution in [-0.2, 0) is 11.3 Å². The van der Waals surface area contributed by atoms with Crippen LogP contribution >= 0.6 is 0 Å². The fourth-order valence-electron chi connectivity index (χ4n) is 3.71. The summed E-state index contributed by atoms with van der Waals surface area (Å²) in [6.07, 6.45) is 8.00. The molecule has 1 heterocycles. The molecule has 2 aliphatic carbocycles. The lowest BCUT2D eigenvalue weighted by Gasteiger charge is -2.17. The number of fused-ring (bicyclic) bond motifs is 2. The van der Waals surface area contributed by atoms with Crippen LogP contribution in [-0.4, -0.2) is 11.8 Å². The minimum atomic E-state index is -0.282. The Balaban J connectivity index is 1.29. The van der Waals surface area contributed by atoms with E-state index >= 15 is 0 Å². The van der Waals surface area contributed by atoms with Gasteiger partial charge in [-0.1, -0.05) is 24.3 Å². The van der Waals surface area contributed by atoms with Crippen molar-refractivity contribution in [2.24, 2.45) is 17.8 Å². The fourth-order valence-corrected chi connectivity index (χ4v) is 3.71. The minimum absolute atomic E-state index is 0.127. The zero-order chi connectivity index (χ0) is 17.2. The van der Waals surface area contributed by atoms with Gasteiger partial charge in [-0.15, -0.1) is 0 Å². The van der Waals surface area contributed by atoms with Crippen molar-refractivity contribution >= 4 is 17.5 Å². The van der Waals surface area contributed by atoms with Gasteiger partial charge in [0.15, 0.2) is 5.76 Å². The van der Waals surface area contributed by atoms with Crippen LogP contribution in [0.2, 0.25) is 0 Å². The molecule has 2 amide bonds. The molecule has 0 radical (unpaired) electrons. The number of amides is 2. The standard InChI is InChI=1S/C20H20N2O3/c23-19(17-11-14-3-6-15(17)10-14)21-12-13-4-7-16(8-5-13)22-20(24)18-2-1-9-25-18/h1-9,14-15,17H,10-12H2,(H,21,23)(H,22,24)/t14-,15-,17+/m0/s1. The molecular formula is C20H20N2O3. The first-order chi connectivity index (χ1) is 12.2. The SMILES string of the molecule is O=C(Nc1ccc(CNC(=O)[C@@H]2C[C@H]3C=C[C@H]2C3)cc1)c1ccco1. The summed E-state index contributed by atoms with van der Waals surface area (Å²) < 4.78 is 5.06. The normalized spacial score (nSPS) is 23.6. The Kier molecular flexibility index (Phi) is 4.14. The third-order valence-corrected chi connectivity index (χ3v) is 5.04. The largest absolute Gasteiger partial charge is 0.459 e. The van der Waals surface area contributed by atoms with Crippen LogP contribution in [0.25, 0.3) is 0 Å². The lowest BCUT2D eigenvalue weighted by molar-refractivity contribution is -0.125. The van der Waals surface area contributed by atoms with Gasteiger partial charge in [-0.2, -0.15) is 0 Å². The molecule has 1 aromatic carbocycles. The van der Waals surface area contributed by atoms with E-state index in [2.05, 4.69) is 22.8 Å². The molecule has 25 heavy (non-hydrogen) atoms. The van der Waals surface area contributed by atoms with Gasteiger partial charge in [0.1, 0.15) is 0 Å². The maximum atomic E-state index is 12.3. The maximum Gasteiger partial charge on any atom is 0.291 e. The van der Waals surface area contributed by atoms with Crippen molar-refractivity contribution in [1.29, 1.82) is 0 Å².